The topological polar surface area (TPSA) is 15.3 Å². The Hall–Kier alpha value is -0.340. The third-order valence-corrected chi connectivity index (χ3v) is 3.34. The Kier molecular flexibility index (Phi) is 4.79. The van der Waals surface area contributed by atoms with Gasteiger partial charge < -0.3 is 5.32 Å². The molecule has 1 heterocycles. The molecule has 1 aliphatic heterocycles. The third kappa shape index (κ3) is 5.69. The lowest BCUT2D eigenvalue weighted by molar-refractivity contribution is 0.266. The molecule has 100 valence electrons. The molecule has 0 saturated carbocycles. The Morgan fingerprint density at radius 2 is 1.82 bits per heavy atom. The number of rotatable bonds is 3. The zero-order valence-corrected chi connectivity index (χ0v) is 12.6. The van der Waals surface area contributed by atoms with E-state index in [0.29, 0.717) is 5.41 Å². The quantitative estimate of drug-likeness (QED) is 0.760. The van der Waals surface area contributed by atoms with E-state index in [-0.39, 0.29) is 5.54 Å². The molecule has 1 rings (SSSR count). The van der Waals surface area contributed by atoms with Gasteiger partial charge in [0.1, 0.15) is 0 Å². The first-order valence-corrected chi connectivity index (χ1v) is 6.85. The summed E-state index contributed by atoms with van der Waals surface area (Å²) in [4.78, 5) is 2.54. The second kappa shape index (κ2) is 5.53. The second-order valence-corrected chi connectivity index (χ2v) is 7.21. The van der Waals surface area contributed by atoms with Gasteiger partial charge in [-0.3, -0.25) is 4.90 Å². The molecule has 2 nitrogen and oxygen atoms in total. The molecule has 0 unspecified atom stereocenters. The third-order valence-electron chi connectivity index (χ3n) is 3.34. The lowest BCUT2D eigenvalue weighted by atomic mass is 9.83. The molecule has 0 spiro atoms. The maximum atomic E-state index is 3.55. The fraction of sp³-hybridized carbons (Fsp3) is 0.867. The Morgan fingerprint density at radius 1 is 1.18 bits per heavy atom. The maximum absolute atomic E-state index is 3.55. The Balaban J connectivity index is 2.30. The fourth-order valence-corrected chi connectivity index (χ4v) is 2.18. The van der Waals surface area contributed by atoms with Crippen molar-refractivity contribution in [3.8, 4) is 0 Å². The molecule has 0 aliphatic carbocycles. The highest BCUT2D eigenvalue weighted by atomic mass is 15.1. The van der Waals surface area contributed by atoms with Crippen molar-refractivity contribution in [2.75, 3.05) is 26.2 Å². The van der Waals surface area contributed by atoms with E-state index in [9.17, 15) is 0 Å². The van der Waals surface area contributed by atoms with Crippen LogP contribution in [0.5, 0.6) is 0 Å². The molecular formula is C15H30N2. The van der Waals surface area contributed by atoms with Gasteiger partial charge in [0.25, 0.3) is 0 Å². The zero-order chi connectivity index (χ0) is 13.1. The summed E-state index contributed by atoms with van der Waals surface area (Å²) in [6.07, 6.45) is 3.67. The minimum Gasteiger partial charge on any atom is -0.311 e. The summed E-state index contributed by atoms with van der Waals surface area (Å²) in [7, 11) is 0. The highest BCUT2D eigenvalue weighted by Gasteiger charge is 2.21. The van der Waals surface area contributed by atoms with Crippen LogP contribution in [0.3, 0.4) is 0 Å². The zero-order valence-electron chi connectivity index (χ0n) is 12.6. The van der Waals surface area contributed by atoms with Crippen LogP contribution in [-0.4, -0.2) is 36.6 Å². The van der Waals surface area contributed by atoms with E-state index in [1.807, 2.05) is 0 Å². The number of nitrogens with zero attached hydrogens (tertiary/aromatic N) is 1. The molecule has 0 atom stereocenters. The van der Waals surface area contributed by atoms with E-state index in [4.69, 9.17) is 0 Å². The molecule has 0 aromatic heterocycles. The Labute approximate surface area is 107 Å². The number of hydrogen-bond donors (Lipinski definition) is 1. The van der Waals surface area contributed by atoms with Crippen molar-refractivity contribution in [1.82, 2.24) is 10.2 Å². The normalized spacial score (nSPS) is 19.3. The SMILES string of the molecule is CC(C)(C)NCCN1CC=C(C(C)(C)C)CC1. The molecule has 0 aromatic rings. The van der Waals surface area contributed by atoms with Crippen molar-refractivity contribution in [1.29, 1.82) is 0 Å². The van der Waals surface area contributed by atoms with E-state index < -0.39 is 0 Å². The van der Waals surface area contributed by atoms with Gasteiger partial charge in [-0.2, -0.15) is 0 Å². The molecule has 0 aromatic carbocycles. The lowest BCUT2D eigenvalue weighted by Crippen LogP contribution is -2.42. The molecule has 0 radical (unpaired) electrons. The molecule has 0 bridgehead atoms. The average molecular weight is 238 g/mol. The van der Waals surface area contributed by atoms with Crippen LogP contribution in [-0.2, 0) is 0 Å². The van der Waals surface area contributed by atoms with E-state index in [1.165, 1.54) is 13.0 Å². The summed E-state index contributed by atoms with van der Waals surface area (Å²) >= 11 is 0. The van der Waals surface area contributed by atoms with Gasteiger partial charge in [0.2, 0.25) is 0 Å². The number of nitrogens with one attached hydrogen (secondary N) is 1. The van der Waals surface area contributed by atoms with Crippen LogP contribution in [0.15, 0.2) is 11.6 Å². The van der Waals surface area contributed by atoms with Crippen LogP contribution in [0.1, 0.15) is 48.0 Å². The molecule has 17 heavy (non-hydrogen) atoms. The van der Waals surface area contributed by atoms with Crippen LogP contribution >= 0.6 is 0 Å². The molecule has 1 N–H and O–H groups in total. The van der Waals surface area contributed by atoms with Crippen LogP contribution in [0, 0.1) is 5.41 Å². The minimum absolute atomic E-state index is 0.238. The summed E-state index contributed by atoms with van der Waals surface area (Å²) < 4.78 is 0. The molecule has 1 aliphatic rings. The van der Waals surface area contributed by atoms with E-state index in [0.717, 1.165) is 19.6 Å². The summed E-state index contributed by atoms with van der Waals surface area (Å²) in [5, 5.41) is 3.55. The Morgan fingerprint density at radius 3 is 2.24 bits per heavy atom. The van der Waals surface area contributed by atoms with Gasteiger partial charge in [-0.05, 0) is 32.6 Å². The van der Waals surface area contributed by atoms with Crippen molar-refractivity contribution in [2.45, 2.75) is 53.5 Å². The van der Waals surface area contributed by atoms with Crippen molar-refractivity contribution in [2.24, 2.45) is 5.41 Å². The minimum atomic E-state index is 0.238. The molecule has 0 amide bonds. The van der Waals surface area contributed by atoms with Gasteiger partial charge in [0, 0.05) is 31.7 Å². The highest BCUT2D eigenvalue weighted by molar-refractivity contribution is 5.14. The largest absolute Gasteiger partial charge is 0.311 e. The van der Waals surface area contributed by atoms with E-state index >= 15 is 0 Å². The predicted octanol–water partition coefficient (Wildman–Crippen LogP) is 3.05. The van der Waals surface area contributed by atoms with Crippen LogP contribution in [0.25, 0.3) is 0 Å². The van der Waals surface area contributed by atoms with Gasteiger partial charge in [-0.25, -0.2) is 0 Å². The molecular weight excluding hydrogens is 208 g/mol. The lowest BCUT2D eigenvalue weighted by Gasteiger charge is -2.32. The van der Waals surface area contributed by atoms with E-state index in [2.05, 4.69) is 57.8 Å². The van der Waals surface area contributed by atoms with Gasteiger partial charge in [0.05, 0.1) is 0 Å². The molecule has 0 saturated heterocycles. The van der Waals surface area contributed by atoms with Gasteiger partial charge in [-0.15, -0.1) is 0 Å². The summed E-state index contributed by atoms with van der Waals surface area (Å²) in [5.74, 6) is 0. The van der Waals surface area contributed by atoms with Crippen molar-refractivity contribution < 1.29 is 0 Å². The molecule has 2 heteroatoms. The standard InChI is InChI=1S/C15H30N2/c1-14(2,3)13-7-10-17(11-8-13)12-9-16-15(4,5)6/h7,16H,8-12H2,1-6H3. The first kappa shape index (κ1) is 14.7. The summed E-state index contributed by atoms with van der Waals surface area (Å²) in [5.41, 5.74) is 2.22. The summed E-state index contributed by atoms with van der Waals surface area (Å²) in [6, 6.07) is 0. The van der Waals surface area contributed by atoms with Gasteiger partial charge in [-0.1, -0.05) is 32.4 Å². The first-order chi connectivity index (χ1) is 7.68. The molecule has 0 fully saturated rings. The van der Waals surface area contributed by atoms with Crippen LogP contribution < -0.4 is 5.32 Å². The van der Waals surface area contributed by atoms with Gasteiger partial charge >= 0.3 is 0 Å². The smallest absolute Gasteiger partial charge is 0.0166 e. The Bertz CT molecular complexity index is 266. The fourth-order valence-electron chi connectivity index (χ4n) is 2.18. The maximum Gasteiger partial charge on any atom is 0.0166 e. The first-order valence-electron chi connectivity index (χ1n) is 6.85. The average Bonchev–Trinajstić information content (AvgIpc) is 2.15. The van der Waals surface area contributed by atoms with Crippen molar-refractivity contribution >= 4 is 0 Å². The summed E-state index contributed by atoms with van der Waals surface area (Å²) in [6.45, 7) is 18.2. The predicted molar refractivity (Wildman–Crippen MR) is 76.4 cm³/mol. The highest BCUT2D eigenvalue weighted by Crippen LogP contribution is 2.29. The number of hydrogen-bond acceptors (Lipinski definition) is 2. The van der Waals surface area contributed by atoms with Crippen molar-refractivity contribution in [3.63, 3.8) is 0 Å². The van der Waals surface area contributed by atoms with Gasteiger partial charge in [0.15, 0.2) is 0 Å². The van der Waals surface area contributed by atoms with Crippen LogP contribution in [0.2, 0.25) is 0 Å². The van der Waals surface area contributed by atoms with Crippen molar-refractivity contribution in [3.05, 3.63) is 11.6 Å². The second-order valence-electron chi connectivity index (χ2n) is 7.21. The van der Waals surface area contributed by atoms with E-state index in [1.54, 1.807) is 5.57 Å². The van der Waals surface area contributed by atoms with Crippen LogP contribution in [0.4, 0.5) is 0 Å². The monoisotopic (exact) mass is 238 g/mol.